The lowest BCUT2D eigenvalue weighted by atomic mass is 10.0. The van der Waals surface area contributed by atoms with Crippen LogP contribution in [0.4, 0.5) is 0 Å². The second-order valence-electron chi connectivity index (χ2n) is 5.05. The highest BCUT2D eigenvalue weighted by Crippen LogP contribution is 2.08. The van der Waals surface area contributed by atoms with Gasteiger partial charge in [-0.3, -0.25) is 10.1 Å². The van der Waals surface area contributed by atoms with Gasteiger partial charge in [-0.25, -0.2) is 0 Å². The van der Waals surface area contributed by atoms with Gasteiger partial charge in [-0.2, -0.15) is 0 Å². The molecule has 4 heteroatoms. The van der Waals surface area contributed by atoms with Crippen LogP contribution in [0.3, 0.4) is 0 Å². The average molecular weight is 245 g/mol. The number of ether oxygens (including phenoxy) is 1. The summed E-state index contributed by atoms with van der Waals surface area (Å²) in [6, 6.07) is 0.125. The van der Waals surface area contributed by atoms with Gasteiger partial charge in [0.25, 0.3) is 0 Å². The molecule has 0 rings (SSSR count). The SMILES string of the molecule is CCCCCCOCC(C)(NC(C)C)C(=O)O. The molecule has 0 saturated heterocycles. The molecular formula is C13H27NO3. The Balaban J connectivity index is 3.89. The lowest BCUT2D eigenvalue weighted by Gasteiger charge is -2.28. The van der Waals surface area contributed by atoms with Crippen LogP contribution >= 0.6 is 0 Å². The summed E-state index contributed by atoms with van der Waals surface area (Å²) in [7, 11) is 0. The summed E-state index contributed by atoms with van der Waals surface area (Å²) >= 11 is 0. The minimum Gasteiger partial charge on any atom is -0.480 e. The first-order chi connectivity index (χ1) is 7.92. The van der Waals surface area contributed by atoms with E-state index in [4.69, 9.17) is 4.74 Å². The largest absolute Gasteiger partial charge is 0.480 e. The van der Waals surface area contributed by atoms with Crippen molar-refractivity contribution in [3.05, 3.63) is 0 Å². The van der Waals surface area contributed by atoms with Gasteiger partial charge in [-0.15, -0.1) is 0 Å². The van der Waals surface area contributed by atoms with Crippen LogP contribution in [0, 0.1) is 0 Å². The van der Waals surface area contributed by atoms with Gasteiger partial charge in [-0.05, 0) is 27.2 Å². The highest BCUT2D eigenvalue weighted by Gasteiger charge is 2.33. The number of hydrogen-bond donors (Lipinski definition) is 2. The van der Waals surface area contributed by atoms with Crippen LogP contribution in [0.25, 0.3) is 0 Å². The van der Waals surface area contributed by atoms with E-state index in [2.05, 4.69) is 12.2 Å². The average Bonchev–Trinajstić information content (AvgIpc) is 2.22. The van der Waals surface area contributed by atoms with Crippen molar-refractivity contribution >= 4 is 5.97 Å². The van der Waals surface area contributed by atoms with Crippen LogP contribution in [0.1, 0.15) is 53.4 Å². The predicted molar refractivity (Wildman–Crippen MR) is 69.3 cm³/mol. The van der Waals surface area contributed by atoms with Crippen molar-refractivity contribution in [3.8, 4) is 0 Å². The highest BCUT2D eigenvalue weighted by atomic mass is 16.5. The molecule has 0 bridgehead atoms. The van der Waals surface area contributed by atoms with Gasteiger partial charge in [-0.1, -0.05) is 26.2 Å². The van der Waals surface area contributed by atoms with Crippen LogP contribution in [0.2, 0.25) is 0 Å². The topological polar surface area (TPSA) is 58.6 Å². The third-order valence-corrected chi connectivity index (χ3v) is 2.61. The van der Waals surface area contributed by atoms with Crippen LogP contribution in [0.5, 0.6) is 0 Å². The molecule has 102 valence electrons. The van der Waals surface area contributed by atoms with E-state index in [0.29, 0.717) is 6.61 Å². The van der Waals surface area contributed by atoms with Crippen molar-refractivity contribution < 1.29 is 14.6 Å². The van der Waals surface area contributed by atoms with E-state index < -0.39 is 11.5 Å². The summed E-state index contributed by atoms with van der Waals surface area (Å²) in [5, 5.41) is 12.2. The minimum atomic E-state index is -0.987. The summed E-state index contributed by atoms with van der Waals surface area (Å²) in [5.41, 5.74) is -0.987. The Morgan fingerprint density at radius 2 is 2.00 bits per heavy atom. The van der Waals surface area contributed by atoms with E-state index in [-0.39, 0.29) is 12.6 Å². The second-order valence-corrected chi connectivity index (χ2v) is 5.05. The van der Waals surface area contributed by atoms with E-state index >= 15 is 0 Å². The molecule has 0 spiro atoms. The summed E-state index contributed by atoms with van der Waals surface area (Å²) in [6.45, 7) is 8.55. The third-order valence-electron chi connectivity index (χ3n) is 2.61. The smallest absolute Gasteiger partial charge is 0.326 e. The zero-order valence-corrected chi connectivity index (χ0v) is 11.6. The Bertz CT molecular complexity index is 219. The molecular weight excluding hydrogens is 218 g/mol. The van der Waals surface area contributed by atoms with Crippen LogP contribution in [0.15, 0.2) is 0 Å². The van der Waals surface area contributed by atoms with E-state index in [9.17, 15) is 9.90 Å². The number of carboxylic acid groups (broad SMARTS) is 1. The molecule has 0 aromatic heterocycles. The molecule has 0 heterocycles. The zero-order chi connectivity index (χ0) is 13.3. The fourth-order valence-electron chi connectivity index (χ4n) is 1.71. The molecule has 0 aliphatic carbocycles. The Morgan fingerprint density at radius 1 is 1.35 bits per heavy atom. The van der Waals surface area contributed by atoms with Crippen molar-refractivity contribution in [3.63, 3.8) is 0 Å². The molecule has 0 aliphatic heterocycles. The van der Waals surface area contributed by atoms with Crippen molar-refractivity contribution in [1.82, 2.24) is 5.32 Å². The molecule has 0 amide bonds. The van der Waals surface area contributed by atoms with Gasteiger partial charge < -0.3 is 9.84 Å². The molecule has 0 fully saturated rings. The molecule has 4 nitrogen and oxygen atoms in total. The van der Waals surface area contributed by atoms with Crippen molar-refractivity contribution in [2.45, 2.75) is 65.0 Å². The molecule has 1 atom stereocenters. The van der Waals surface area contributed by atoms with E-state index in [1.165, 1.54) is 12.8 Å². The van der Waals surface area contributed by atoms with Crippen molar-refractivity contribution in [2.24, 2.45) is 0 Å². The third kappa shape index (κ3) is 7.34. The fraction of sp³-hybridized carbons (Fsp3) is 0.923. The van der Waals surface area contributed by atoms with E-state index in [1.807, 2.05) is 13.8 Å². The molecule has 1 unspecified atom stereocenters. The number of carbonyl (C=O) groups is 1. The van der Waals surface area contributed by atoms with E-state index in [1.54, 1.807) is 6.92 Å². The lowest BCUT2D eigenvalue weighted by molar-refractivity contribution is -0.147. The summed E-state index contributed by atoms with van der Waals surface area (Å²) < 4.78 is 5.46. The normalized spacial score (nSPS) is 14.9. The lowest BCUT2D eigenvalue weighted by Crippen LogP contribution is -2.55. The Kier molecular flexibility index (Phi) is 8.17. The minimum absolute atomic E-state index is 0.125. The van der Waals surface area contributed by atoms with E-state index in [0.717, 1.165) is 12.8 Å². The quantitative estimate of drug-likeness (QED) is 0.580. The van der Waals surface area contributed by atoms with Gasteiger partial charge in [0.1, 0.15) is 5.54 Å². The molecule has 0 aliphatic rings. The molecule has 0 aromatic carbocycles. The molecule has 17 heavy (non-hydrogen) atoms. The van der Waals surface area contributed by atoms with Gasteiger partial charge in [0.05, 0.1) is 6.61 Å². The number of rotatable bonds is 10. The second kappa shape index (κ2) is 8.48. The predicted octanol–water partition coefficient (Wildman–Crippen LogP) is 2.42. The summed E-state index contributed by atoms with van der Waals surface area (Å²) in [6.07, 6.45) is 4.56. The zero-order valence-electron chi connectivity index (χ0n) is 11.6. The molecule has 2 N–H and O–H groups in total. The maximum absolute atomic E-state index is 11.2. The van der Waals surface area contributed by atoms with Gasteiger partial charge in [0.15, 0.2) is 0 Å². The monoisotopic (exact) mass is 245 g/mol. The Hall–Kier alpha value is -0.610. The number of aliphatic carboxylic acids is 1. The van der Waals surface area contributed by atoms with Gasteiger partial charge >= 0.3 is 5.97 Å². The first-order valence-corrected chi connectivity index (χ1v) is 6.51. The number of unbranched alkanes of at least 4 members (excludes halogenated alkanes) is 3. The number of hydrogen-bond acceptors (Lipinski definition) is 3. The first kappa shape index (κ1) is 16.4. The molecule has 0 aromatic rings. The number of carboxylic acids is 1. The van der Waals surface area contributed by atoms with Crippen LogP contribution in [-0.4, -0.2) is 35.9 Å². The summed E-state index contributed by atoms with van der Waals surface area (Å²) in [4.78, 5) is 11.2. The maximum atomic E-state index is 11.2. The number of nitrogens with one attached hydrogen (secondary N) is 1. The standard InChI is InChI=1S/C13H27NO3/c1-5-6-7-8-9-17-10-13(4,12(15)16)14-11(2)3/h11,14H,5-10H2,1-4H3,(H,15,16). The first-order valence-electron chi connectivity index (χ1n) is 6.51. The van der Waals surface area contributed by atoms with Crippen LogP contribution < -0.4 is 5.32 Å². The summed E-state index contributed by atoms with van der Waals surface area (Å²) in [5.74, 6) is -0.861. The Labute approximate surface area is 105 Å². The van der Waals surface area contributed by atoms with Crippen molar-refractivity contribution in [2.75, 3.05) is 13.2 Å². The van der Waals surface area contributed by atoms with Gasteiger partial charge in [0, 0.05) is 12.6 Å². The fourth-order valence-corrected chi connectivity index (χ4v) is 1.71. The van der Waals surface area contributed by atoms with Crippen molar-refractivity contribution in [1.29, 1.82) is 0 Å². The van der Waals surface area contributed by atoms with Gasteiger partial charge in [0.2, 0.25) is 0 Å². The Morgan fingerprint density at radius 3 is 2.47 bits per heavy atom. The maximum Gasteiger partial charge on any atom is 0.326 e. The molecule has 0 saturated carbocycles. The van der Waals surface area contributed by atoms with Crippen LogP contribution in [-0.2, 0) is 9.53 Å². The molecule has 0 radical (unpaired) electrons. The highest BCUT2D eigenvalue weighted by molar-refractivity contribution is 5.78.